The van der Waals surface area contributed by atoms with Gasteiger partial charge in [-0.2, -0.15) is 0 Å². The Labute approximate surface area is 173 Å². The molecule has 2 aromatic carbocycles. The number of hydrogen-bond donors (Lipinski definition) is 1. The van der Waals surface area contributed by atoms with Crippen molar-refractivity contribution in [2.45, 2.75) is 58.7 Å². The van der Waals surface area contributed by atoms with Crippen LogP contribution in [0.4, 0.5) is 0 Å². The molecule has 2 rings (SSSR count). The lowest BCUT2D eigenvalue weighted by Gasteiger charge is -2.19. The van der Waals surface area contributed by atoms with Crippen molar-refractivity contribution in [3.63, 3.8) is 0 Å². The van der Waals surface area contributed by atoms with Crippen molar-refractivity contribution in [1.29, 1.82) is 0 Å². The highest BCUT2D eigenvalue weighted by molar-refractivity contribution is 5.72. The number of carboxylic acid groups (broad SMARTS) is 1. The van der Waals surface area contributed by atoms with Gasteiger partial charge in [0.1, 0.15) is 24.7 Å². The summed E-state index contributed by atoms with van der Waals surface area (Å²) >= 11 is 0. The first-order valence-corrected chi connectivity index (χ1v) is 9.98. The van der Waals surface area contributed by atoms with E-state index in [2.05, 4.69) is 32.9 Å². The number of hydrogen-bond acceptors (Lipinski definition) is 4. The number of aliphatic carboxylic acids is 1. The summed E-state index contributed by atoms with van der Waals surface area (Å²) in [4.78, 5) is 11.4. The van der Waals surface area contributed by atoms with Gasteiger partial charge in [-0.3, -0.25) is 0 Å². The Morgan fingerprint density at radius 2 is 1.59 bits per heavy atom. The van der Waals surface area contributed by atoms with Crippen LogP contribution < -0.4 is 9.47 Å². The van der Waals surface area contributed by atoms with Gasteiger partial charge in [0.2, 0.25) is 0 Å². The Bertz CT molecular complexity index is 775. The standard InChI is InChI=1S/C24H32O5/c1-17(2)29-22(23(25)26)16-18-7-6-8-21(15-18)28-14-13-27-20-11-9-19(10-12-20)24(3,4)5/h6-12,15,17,22H,13-14,16H2,1-5H3,(H,25,26). The minimum atomic E-state index is -0.962. The van der Waals surface area contributed by atoms with E-state index in [4.69, 9.17) is 14.2 Å². The van der Waals surface area contributed by atoms with Gasteiger partial charge in [-0.15, -0.1) is 0 Å². The zero-order valence-electron chi connectivity index (χ0n) is 18.0. The minimum absolute atomic E-state index is 0.118. The number of benzene rings is 2. The lowest BCUT2D eigenvalue weighted by Crippen LogP contribution is -2.29. The van der Waals surface area contributed by atoms with Crippen LogP contribution in [0, 0.1) is 0 Å². The minimum Gasteiger partial charge on any atom is -0.490 e. The van der Waals surface area contributed by atoms with Crippen LogP contribution in [0.2, 0.25) is 0 Å². The molecule has 0 aliphatic rings. The monoisotopic (exact) mass is 400 g/mol. The fourth-order valence-electron chi connectivity index (χ4n) is 2.87. The number of carboxylic acids is 1. The second kappa shape index (κ2) is 10.3. The summed E-state index contributed by atoms with van der Waals surface area (Å²) in [5.41, 5.74) is 2.24. The normalized spacial score (nSPS) is 12.6. The second-order valence-electron chi connectivity index (χ2n) is 8.33. The average molecular weight is 401 g/mol. The molecule has 0 aliphatic carbocycles. The Balaban J connectivity index is 1.84. The fraction of sp³-hybridized carbons (Fsp3) is 0.458. The van der Waals surface area contributed by atoms with Crippen LogP contribution in [0.1, 0.15) is 45.7 Å². The first-order chi connectivity index (χ1) is 13.6. The molecule has 1 atom stereocenters. The van der Waals surface area contributed by atoms with Gasteiger partial charge in [0, 0.05) is 6.42 Å². The fourth-order valence-corrected chi connectivity index (χ4v) is 2.87. The van der Waals surface area contributed by atoms with Crippen molar-refractivity contribution in [1.82, 2.24) is 0 Å². The molecule has 0 fully saturated rings. The second-order valence-corrected chi connectivity index (χ2v) is 8.33. The summed E-state index contributed by atoms with van der Waals surface area (Å²) in [5, 5.41) is 9.32. The van der Waals surface area contributed by atoms with Gasteiger partial charge in [-0.05, 0) is 54.7 Å². The maximum absolute atomic E-state index is 11.4. The third-order valence-corrected chi connectivity index (χ3v) is 4.37. The van der Waals surface area contributed by atoms with E-state index in [9.17, 15) is 9.90 Å². The summed E-state index contributed by atoms with van der Waals surface area (Å²) in [6.07, 6.45) is -0.726. The highest BCUT2D eigenvalue weighted by Gasteiger charge is 2.20. The Kier molecular flexibility index (Phi) is 8.09. The highest BCUT2D eigenvalue weighted by Crippen LogP contribution is 2.24. The molecular formula is C24H32O5. The van der Waals surface area contributed by atoms with Crippen molar-refractivity contribution in [2.24, 2.45) is 0 Å². The molecule has 0 aliphatic heterocycles. The Morgan fingerprint density at radius 1 is 0.966 bits per heavy atom. The van der Waals surface area contributed by atoms with Gasteiger partial charge in [0.05, 0.1) is 6.10 Å². The Hall–Kier alpha value is -2.53. The van der Waals surface area contributed by atoms with E-state index in [-0.39, 0.29) is 11.5 Å². The quantitative estimate of drug-likeness (QED) is 0.577. The third-order valence-electron chi connectivity index (χ3n) is 4.37. The maximum Gasteiger partial charge on any atom is 0.333 e. The summed E-state index contributed by atoms with van der Waals surface area (Å²) in [5.74, 6) is 0.532. The zero-order valence-corrected chi connectivity index (χ0v) is 18.0. The topological polar surface area (TPSA) is 65.0 Å². The third kappa shape index (κ3) is 7.78. The predicted octanol–water partition coefficient (Wildman–Crippen LogP) is 4.86. The zero-order chi connectivity index (χ0) is 21.4. The van der Waals surface area contributed by atoms with Gasteiger partial charge in [-0.1, -0.05) is 45.0 Å². The molecule has 0 saturated heterocycles. The summed E-state index contributed by atoms with van der Waals surface area (Å²) in [7, 11) is 0. The van der Waals surface area contributed by atoms with Gasteiger partial charge in [0.25, 0.3) is 0 Å². The predicted molar refractivity (Wildman–Crippen MR) is 114 cm³/mol. The van der Waals surface area contributed by atoms with E-state index in [1.54, 1.807) is 0 Å². The van der Waals surface area contributed by atoms with Gasteiger partial charge in [-0.25, -0.2) is 4.79 Å². The van der Waals surface area contributed by atoms with Crippen LogP contribution >= 0.6 is 0 Å². The lowest BCUT2D eigenvalue weighted by molar-refractivity contribution is -0.153. The molecule has 2 aromatic rings. The summed E-state index contributed by atoms with van der Waals surface area (Å²) in [6.45, 7) is 11.0. The molecular weight excluding hydrogens is 368 g/mol. The number of carbonyl (C=O) groups is 1. The maximum atomic E-state index is 11.4. The average Bonchev–Trinajstić information content (AvgIpc) is 2.64. The van der Waals surface area contributed by atoms with Crippen LogP contribution in [0.15, 0.2) is 48.5 Å². The number of rotatable bonds is 10. The number of ether oxygens (including phenoxy) is 3. The smallest absolute Gasteiger partial charge is 0.333 e. The lowest BCUT2D eigenvalue weighted by atomic mass is 9.87. The van der Waals surface area contributed by atoms with Crippen LogP contribution in [-0.4, -0.2) is 36.5 Å². The van der Waals surface area contributed by atoms with E-state index in [0.717, 1.165) is 11.3 Å². The largest absolute Gasteiger partial charge is 0.490 e. The van der Waals surface area contributed by atoms with E-state index in [0.29, 0.717) is 25.4 Å². The Morgan fingerprint density at radius 3 is 2.14 bits per heavy atom. The molecule has 0 saturated carbocycles. The molecule has 0 aromatic heterocycles. The van der Waals surface area contributed by atoms with Crippen molar-refractivity contribution >= 4 is 5.97 Å². The van der Waals surface area contributed by atoms with Gasteiger partial charge in [0.15, 0.2) is 6.10 Å². The van der Waals surface area contributed by atoms with Crippen molar-refractivity contribution in [3.05, 3.63) is 59.7 Å². The SMILES string of the molecule is CC(C)OC(Cc1cccc(OCCOc2ccc(C(C)(C)C)cc2)c1)C(=O)O. The molecule has 29 heavy (non-hydrogen) atoms. The molecule has 0 spiro atoms. The summed E-state index contributed by atoms with van der Waals surface area (Å²) in [6, 6.07) is 15.5. The molecule has 0 heterocycles. The first kappa shape index (κ1) is 22.8. The van der Waals surface area contributed by atoms with Gasteiger partial charge < -0.3 is 19.3 Å². The molecule has 0 radical (unpaired) electrons. The molecule has 5 nitrogen and oxygen atoms in total. The first-order valence-electron chi connectivity index (χ1n) is 9.98. The summed E-state index contributed by atoms with van der Waals surface area (Å²) < 4.78 is 17.0. The van der Waals surface area contributed by atoms with E-state index < -0.39 is 12.1 Å². The molecule has 1 N–H and O–H groups in total. The van der Waals surface area contributed by atoms with Gasteiger partial charge >= 0.3 is 5.97 Å². The van der Waals surface area contributed by atoms with Crippen molar-refractivity contribution < 1.29 is 24.1 Å². The molecule has 158 valence electrons. The van der Waals surface area contributed by atoms with E-state index >= 15 is 0 Å². The van der Waals surface area contributed by atoms with Crippen LogP contribution in [0.5, 0.6) is 11.5 Å². The molecule has 5 heteroatoms. The molecule has 0 amide bonds. The van der Waals surface area contributed by atoms with Crippen LogP contribution in [0.25, 0.3) is 0 Å². The van der Waals surface area contributed by atoms with Crippen molar-refractivity contribution in [2.75, 3.05) is 13.2 Å². The molecule has 0 bridgehead atoms. The molecule has 1 unspecified atom stereocenters. The van der Waals surface area contributed by atoms with E-state index in [1.165, 1.54) is 5.56 Å². The van der Waals surface area contributed by atoms with Crippen LogP contribution in [-0.2, 0) is 21.4 Å². The van der Waals surface area contributed by atoms with E-state index in [1.807, 2.05) is 50.2 Å². The van der Waals surface area contributed by atoms with Crippen LogP contribution in [0.3, 0.4) is 0 Å². The van der Waals surface area contributed by atoms with Crippen molar-refractivity contribution in [3.8, 4) is 11.5 Å². The highest BCUT2D eigenvalue weighted by atomic mass is 16.5.